The van der Waals surface area contributed by atoms with Crippen LogP contribution >= 0.6 is 0 Å². The molecule has 2 radical (unpaired) electrons. The van der Waals surface area contributed by atoms with E-state index < -0.39 is 5.97 Å². The van der Waals surface area contributed by atoms with Crippen LogP contribution < -0.4 is 0 Å². The van der Waals surface area contributed by atoms with Gasteiger partial charge in [0.1, 0.15) is 0 Å². The van der Waals surface area contributed by atoms with E-state index in [2.05, 4.69) is 6.92 Å². The zero-order chi connectivity index (χ0) is 23.4. The number of carboxylic acid groups (broad SMARTS) is 1. The molecule has 0 aromatic rings. The SMILES string of the molecule is CCCCCCCCCCCCCCCCCCCCCCCCCCCCCC(=O)O.[Ba]. The molecule has 0 fully saturated rings. The van der Waals surface area contributed by atoms with Gasteiger partial charge in [-0.15, -0.1) is 0 Å². The van der Waals surface area contributed by atoms with Gasteiger partial charge in [0, 0.05) is 55.3 Å². The molecule has 0 rings (SSSR count). The summed E-state index contributed by atoms with van der Waals surface area (Å²) in [6.07, 6.45) is 38.0. The smallest absolute Gasteiger partial charge is 0.303 e. The summed E-state index contributed by atoms with van der Waals surface area (Å²) in [5, 5.41) is 8.61. The Morgan fingerprint density at radius 2 is 0.576 bits per heavy atom. The Labute approximate surface area is 249 Å². The Kier molecular flexibility index (Phi) is 36.2. The third kappa shape index (κ3) is 35.3. The second kappa shape index (κ2) is 33.0. The number of rotatable bonds is 28. The number of aliphatic carboxylic acids is 1. The van der Waals surface area contributed by atoms with Gasteiger partial charge in [-0.3, -0.25) is 4.79 Å². The maximum Gasteiger partial charge on any atom is 0.303 e. The maximum absolute atomic E-state index is 10.4. The van der Waals surface area contributed by atoms with Crippen LogP contribution in [0.4, 0.5) is 0 Å². The Balaban J connectivity index is 0. The topological polar surface area (TPSA) is 37.3 Å². The minimum Gasteiger partial charge on any atom is -0.481 e. The monoisotopic (exact) mass is 590 g/mol. The molecule has 1 N–H and O–H groups in total. The standard InChI is InChI=1S/C30H60O2.Ba/c1-2-3-4-5-6-7-8-9-10-11-12-13-14-15-16-17-18-19-20-21-22-23-24-25-26-27-28-29-30(31)32;/h2-29H2,1H3,(H,31,32);. The number of hydrogen-bond donors (Lipinski definition) is 1. The van der Waals surface area contributed by atoms with Crippen molar-refractivity contribution in [3.05, 3.63) is 0 Å². The van der Waals surface area contributed by atoms with Crippen LogP contribution in [0.25, 0.3) is 0 Å². The molecule has 0 saturated carbocycles. The largest absolute Gasteiger partial charge is 0.481 e. The normalized spacial score (nSPS) is 10.9. The molecule has 0 heterocycles. The van der Waals surface area contributed by atoms with E-state index in [1.165, 1.54) is 161 Å². The van der Waals surface area contributed by atoms with Crippen molar-refractivity contribution in [2.45, 2.75) is 187 Å². The van der Waals surface area contributed by atoms with Crippen molar-refractivity contribution < 1.29 is 9.90 Å². The first kappa shape index (κ1) is 36.2. The van der Waals surface area contributed by atoms with Crippen molar-refractivity contribution in [1.29, 1.82) is 0 Å². The summed E-state index contributed by atoms with van der Waals surface area (Å²) in [5.41, 5.74) is 0. The summed E-state index contributed by atoms with van der Waals surface area (Å²) in [5.74, 6) is -0.649. The first-order valence-corrected chi connectivity index (χ1v) is 15.0. The summed E-state index contributed by atoms with van der Waals surface area (Å²) in [4.78, 5) is 10.4. The number of carbonyl (C=O) groups is 1. The van der Waals surface area contributed by atoms with Crippen LogP contribution in [0.3, 0.4) is 0 Å². The third-order valence-electron chi connectivity index (χ3n) is 6.99. The van der Waals surface area contributed by atoms with E-state index in [0.29, 0.717) is 6.42 Å². The van der Waals surface area contributed by atoms with E-state index in [9.17, 15) is 4.79 Å². The van der Waals surface area contributed by atoms with Crippen molar-refractivity contribution >= 4 is 54.9 Å². The molecule has 0 aliphatic carbocycles. The summed E-state index contributed by atoms with van der Waals surface area (Å²) in [6.45, 7) is 2.30. The van der Waals surface area contributed by atoms with Gasteiger partial charge in [-0.05, 0) is 6.42 Å². The second-order valence-corrected chi connectivity index (χ2v) is 10.3. The van der Waals surface area contributed by atoms with Gasteiger partial charge in [0.25, 0.3) is 0 Å². The predicted molar refractivity (Wildman–Crippen MR) is 148 cm³/mol. The van der Waals surface area contributed by atoms with Gasteiger partial charge in [-0.2, -0.15) is 0 Å². The van der Waals surface area contributed by atoms with Crippen molar-refractivity contribution in [1.82, 2.24) is 0 Å². The molecular formula is C30H60BaO2. The first-order chi connectivity index (χ1) is 15.8. The first-order valence-electron chi connectivity index (χ1n) is 15.0. The number of hydrogen-bond acceptors (Lipinski definition) is 1. The number of unbranched alkanes of at least 4 members (excludes halogenated alkanes) is 26. The van der Waals surface area contributed by atoms with E-state index in [4.69, 9.17) is 5.11 Å². The van der Waals surface area contributed by atoms with Crippen molar-refractivity contribution in [2.24, 2.45) is 0 Å². The van der Waals surface area contributed by atoms with Gasteiger partial charge in [0.15, 0.2) is 0 Å². The molecule has 0 atom stereocenters. The number of carboxylic acids is 1. The van der Waals surface area contributed by atoms with Gasteiger partial charge in [-0.25, -0.2) is 0 Å². The van der Waals surface area contributed by atoms with Crippen LogP contribution in [0.2, 0.25) is 0 Å². The molecule has 0 aromatic heterocycles. The fourth-order valence-electron chi connectivity index (χ4n) is 4.77. The summed E-state index contributed by atoms with van der Waals surface area (Å²) >= 11 is 0. The molecule has 2 nitrogen and oxygen atoms in total. The molecule has 0 aliphatic heterocycles. The van der Waals surface area contributed by atoms with Crippen LogP contribution in [0, 0.1) is 0 Å². The second-order valence-electron chi connectivity index (χ2n) is 10.3. The molecule has 0 unspecified atom stereocenters. The van der Waals surface area contributed by atoms with Crippen LogP contribution in [0.5, 0.6) is 0 Å². The minimum absolute atomic E-state index is 0. The van der Waals surface area contributed by atoms with Gasteiger partial charge in [0.2, 0.25) is 0 Å². The molecule has 0 aromatic carbocycles. The quantitative estimate of drug-likeness (QED) is 0.0728. The molecule has 0 aliphatic rings. The molecule has 0 saturated heterocycles. The van der Waals surface area contributed by atoms with Crippen LogP contribution in [-0.4, -0.2) is 60.0 Å². The minimum atomic E-state index is -0.649. The zero-order valence-corrected chi connectivity index (χ0v) is 27.3. The summed E-state index contributed by atoms with van der Waals surface area (Å²) in [6, 6.07) is 0. The Bertz CT molecular complexity index is 359. The molecule has 3 heteroatoms. The van der Waals surface area contributed by atoms with Crippen LogP contribution in [-0.2, 0) is 4.79 Å². The van der Waals surface area contributed by atoms with E-state index >= 15 is 0 Å². The Morgan fingerprint density at radius 1 is 0.394 bits per heavy atom. The fourth-order valence-corrected chi connectivity index (χ4v) is 4.77. The van der Waals surface area contributed by atoms with Gasteiger partial charge < -0.3 is 5.11 Å². The maximum atomic E-state index is 10.4. The molecule has 33 heavy (non-hydrogen) atoms. The third-order valence-corrected chi connectivity index (χ3v) is 6.99. The summed E-state index contributed by atoms with van der Waals surface area (Å²) in [7, 11) is 0. The van der Waals surface area contributed by atoms with Crippen LogP contribution in [0.1, 0.15) is 187 Å². The molecule has 0 bridgehead atoms. The van der Waals surface area contributed by atoms with Crippen LogP contribution in [0.15, 0.2) is 0 Å². The van der Waals surface area contributed by atoms with E-state index in [1.54, 1.807) is 0 Å². The average Bonchev–Trinajstić information content (AvgIpc) is 2.78. The van der Waals surface area contributed by atoms with Gasteiger partial charge >= 0.3 is 5.97 Å². The molecule has 194 valence electrons. The van der Waals surface area contributed by atoms with E-state index in [1.807, 2.05) is 0 Å². The molecule has 0 amide bonds. The fraction of sp³-hybridized carbons (Fsp3) is 0.967. The Morgan fingerprint density at radius 3 is 0.758 bits per heavy atom. The molecule has 0 spiro atoms. The molecular weight excluding hydrogens is 530 g/mol. The predicted octanol–water partition coefficient (Wildman–Crippen LogP) is 10.6. The van der Waals surface area contributed by atoms with Crippen molar-refractivity contribution in [3.8, 4) is 0 Å². The average molecular weight is 590 g/mol. The van der Waals surface area contributed by atoms with Crippen molar-refractivity contribution in [3.63, 3.8) is 0 Å². The van der Waals surface area contributed by atoms with Gasteiger partial charge in [0.05, 0.1) is 0 Å². The van der Waals surface area contributed by atoms with Crippen molar-refractivity contribution in [2.75, 3.05) is 0 Å². The Hall–Kier alpha value is 1.04. The summed E-state index contributed by atoms with van der Waals surface area (Å²) < 4.78 is 0. The van der Waals surface area contributed by atoms with E-state index in [0.717, 1.165) is 12.8 Å². The van der Waals surface area contributed by atoms with E-state index in [-0.39, 0.29) is 48.9 Å². The van der Waals surface area contributed by atoms with Gasteiger partial charge in [-0.1, -0.05) is 174 Å². The zero-order valence-electron chi connectivity index (χ0n) is 22.9.